The number of benzene rings is 2. The number of carbonyl (C=O) groups is 1. The Bertz CT molecular complexity index is 890. The molecule has 1 aromatic heterocycles. The highest BCUT2D eigenvalue weighted by Gasteiger charge is 2.24. The van der Waals surface area contributed by atoms with E-state index in [2.05, 4.69) is 30.1 Å². The fourth-order valence-corrected chi connectivity index (χ4v) is 3.38. The Morgan fingerprint density at radius 1 is 1.04 bits per heavy atom. The van der Waals surface area contributed by atoms with Gasteiger partial charge in [-0.15, -0.1) is 0 Å². The van der Waals surface area contributed by atoms with Crippen molar-refractivity contribution in [1.29, 1.82) is 0 Å². The predicted molar refractivity (Wildman–Crippen MR) is 92.7 cm³/mol. The van der Waals surface area contributed by atoms with Crippen LogP contribution in [0.25, 0.3) is 10.9 Å². The Hall–Kier alpha value is -2.55. The van der Waals surface area contributed by atoms with Crippen molar-refractivity contribution in [2.24, 2.45) is 0 Å². The van der Waals surface area contributed by atoms with Crippen LogP contribution in [0.2, 0.25) is 0 Å². The van der Waals surface area contributed by atoms with E-state index in [4.69, 9.17) is 0 Å². The van der Waals surface area contributed by atoms with Crippen molar-refractivity contribution in [2.45, 2.75) is 26.8 Å². The third-order valence-corrected chi connectivity index (χ3v) is 4.72. The molecular formula is C20H20N2O. The highest BCUT2D eigenvalue weighted by Crippen LogP contribution is 2.29. The number of rotatable bonds is 1. The van der Waals surface area contributed by atoms with Gasteiger partial charge in [0.25, 0.3) is 5.91 Å². The zero-order valence-electron chi connectivity index (χ0n) is 13.5. The third-order valence-electron chi connectivity index (χ3n) is 4.72. The molecule has 2 aromatic carbocycles. The van der Waals surface area contributed by atoms with E-state index in [0.29, 0.717) is 6.54 Å². The molecule has 1 amide bonds. The molecule has 116 valence electrons. The number of aryl methyl sites for hydroxylation is 2. The molecule has 1 N–H and O–H groups in total. The van der Waals surface area contributed by atoms with Crippen LogP contribution < -0.4 is 0 Å². The van der Waals surface area contributed by atoms with Crippen LogP contribution in [0.1, 0.15) is 32.7 Å². The molecule has 0 atom stereocenters. The standard InChI is InChI=1S/C20H20N2O/c1-13-3-6-15(7-4-13)20(23)22-10-9-19-17(12-22)16-11-14(2)5-8-18(16)21-19/h3-8,11,21H,9-10,12H2,1-2H3. The molecule has 0 unspecified atom stereocenters. The number of aromatic nitrogens is 1. The molecule has 1 aliphatic heterocycles. The number of carbonyl (C=O) groups excluding carboxylic acids is 1. The topological polar surface area (TPSA) is 36.1 Å². The highest BCUT2D eigenvalue weighted by molar-refractivity contribution is 5.95. The Morgan fingerprint density at radius 2 is 1.78 bits per heavy atom. The number of fused-ring (bicyclic) bond motifs is 3. The van der Waals surface area contributed by atoms with Crippen molar-refractivity contribution in [2.75, 3.05) is 6.54 Å². The fraction of sp³-hybridized carbons (Fsp3) is 0.250. The maximum atomic E-state index is 12.8. The van der Waals surface area contributed by atoms with Gasteiger partial charge in [0.2, 0.25) is 0 Å². The Labute approximate surface area is 135 Å². The maximum absolute atomic E-state index is 12.8. The average Bonchev–Trinajstić information content (AvgIpc) is 2.92. The molecule has 3 nitrogen and oxygen atoms in total. The zero-order chi connectivity index (χ0) is 16.0. The van der Waals surface area contributed by atoms with Gasteiger partial charge in [-0.1, -0.05) is 29.3 Å². The van der Waals surface area contributed by atoms with E-state index < -0.39 is 0 Å². The lowest BCUT2D eigenvalue weighted by Crippen LogP contribution is -2.35. The van der Waals surface area contributed by atoms with Crippen LogP contribution >= 0.6 is 0 Å². The van der Waals surface area contributed by atoms with Gasteiger partial charge in [-0.2, -0.15) is 0 Å². The highest BCUT2D eigenvalue weighted by atomic mass is 16.2. The molecule has 23 heavy (non-hydrogen) atoms. The van der Waals surface area contributed by atoms with Gasteiger partial charge < -0.3 is 9.88 Å². The minimum absolute atomic E-state index is 0.123. The summed E-state index contributed by atoms with van der Waals surface area (Å²) in [7, 11) is 0. The summed E-state index contributed by atoms with van der Waals surface area (Å²) in [5.74, 6) is 0.123. The van der Waals surface area contributed by atoms with E-state index in [1.54, 1.807) is 0 Å². The number of aromatic amines is 1. The molecule has 3 heteroatoms. The number of amides is 1. The summed E-state index contributed by atoms with van der Waals surface area (Å²) < 4.78 is 0. The summed E-state index contributed by atoms with van der Waals surface area (Å²) >= 11 is 0. The van der Waals surface area contributed by atoms with Gasteiger partial charge in [0.1, 0.15) is 0 Å². The van der Waals surface area contributed by atoms with Gasteiger partial charge in [0, 0.05) is 47.2 Å². The number of nitrogens with one attached hydrogen (secondary N) is 1. The number of hydrogen-bond donors (Lipinski definition) is 1. The van der Waals surface area contributed by atoms with Crippen LogP contribution in [0.5, 0.6) is 0 Å². The summed E-state index contributed by atoms with van der Waals surface area (Å²) in [5.41, 5.74) is 6.92. The molecule has 1 aliphatic rings. The monoisotopic (exact) mass is 304 g/mol. The summed E-state index contributed by atoms with van der Waals surface area (Å²) in [6.45, 7) is 5.60. The Balaban J connectivity index is 1.67. The molecule has 0 spiro atoms. The van der Waals surface area contributed by atoms with Crippen LogP contribution in [0, 0.1) is 13.8 Å². The van der Waals surface area contributed by atoms with Crippen molar-refractivity contribution in [3.05, 3.63) is 70.4 Å². The number of nitrogens with zero attached hydrogens (tertiary/aromatic N) is 1. The van der Waals surface area contributed by atoms with E-state index in [0.717, 1.165) is 18.5 Å². The van der Waals surface area contributed by atoms with Crippen LogP contribution in [-0.2, 0) is 13.0 Å². The third kappa shape index (κ3) is 2.42. The summed E-state index contributed by atoms with van der Waals surface area (Å²) in [4.78, 5) is 18.2. The second-order valence-corrected chi connectivity index (χ2v) is 6.47. The van der Waals surface area contributed by atoms with Crippen molar-refractivity contribution >= 4 is 16.8 Å². The number of hydrogen-bond acceptors (Lipinski definition) is 1. The van der Waals surface area contributed by atoms with E-state index in [9.17, 15) is 4.79 Å². The molecule has 0 saturated heterocycles. The normalized spacial score (nSPS) is 14.1. The van der Waals surface area contributed by atoms with Gasteiger partial charge in [0.05, 0.1) is 0 Å². The zero-order valence-corrected chi connectivity index (χ0v) is 13.5. The van der Waals surface area contributed by atoms with Gasteiger partial charge in [-0.05, 0) is 38.1 Å². The number of H-pyrrole nitrogens is 1. The molecular weight excluding hydrogens is 284 g/mol. The fourth-order valence-electron chi connectivity index (χ4n) is 3.38. The molecule has 0 bridgehead atoms. The lowest BCUT2D eigenvalue weighted by molar-refractivity contribution is 0.0735. The molecule has 2 heterocycles. The van der Waals surface area contributed by atoms with Crippen LogP contribution in [0.15, 0.2) is 42.5 Å². The van der Waals surface area contributed by atoms with Crippen molar-refractivity contribution < 1.29 is 4.79 Å². The minimum Gasteiger partial charge on any atom is -0.358 e. The minimum atomic E-state index is 0.123. The van der Waals surface area contributed by atoms with Crippen LogP contribution in [-0.4, -0.2) is 22.3 Å². The summed E-state index contributed by atoms with van der Waals surface area (Å²) in [6.07, 6.45) is 0.890. The van der Waals surface area contributed by atoms with Gasteiger partial charge >= 0.3 is 0 Å². The van der Waals surface area contributed by atoms with Crippen LogP contribution in [0.4, 0.5) is 0 Å². The van der Waals surface area contributed by atoms with Gasteiger partial charge in [-0.3, -0.25) is 4.79 Å². The first-order valence-corrected chi connectivity index (χ1v) is 8.08. The molecule has 4 rings (SSSR count). The first-order chi connectivity index (χ1) is 11.1. The van der Waals surface area contributed by atoms with E-state index in [1.165, 1.54) is 33.3 Å². The van der Waals surface area contributed by atoms with E-state index in [1.807, 2.05) is 36.1 Å². The maximum Gasteiger partial charge on any atom is 0.254 e. The first kappa shape index (κ1) is 14.1. The Kier molecular flexibility index (Phi) is 3.22. The summed E-state index contributed by atoms with van der Waals surface area (Å²) in [6, 6.07) is 14.3. The second-order valence-electron chi connectivity index (χ2n) is 6.47. The lowest BCUT2D eigenvalue weighted by Gasteiger charge is -2.27. The largest absolute Gasteiger partial charge is 0.358 e. The predicted octanol–water partition coefficient (Wildman–Crippen LogP) is 3.98. The smallest absolute Gasteiger partial charge is 0.254 e. The second kappa shape index (κ2) is 5.27. The van der Waals surface area contributed by atoms with Gasteiger partial charge in [-0.25, -0.2) is 0 Å². The van der Waals surface area contributed by atoms with Gasteiger partial charge in [0.15, 0.2) is 0 Å². The molecule has 0 aliphatic carbocycles. The SMILES string of the molecule is Cc1ccc(C(=O)N2CCc3[nH]c4ccc(C)cc4c3C2)cc1. The average molecular weight is 304 g/mol. The van der Waals surface area contributed by atoms with Crippen LogP contribution in [0.3, 0.4) is 0 Å². The summed E-state index contributed by atoms with van der Waals surface area (Å²) in [5, 5.41) is 1.25. The van der Waals surface area contributed by atoms with Crippen molar-refractivity contribution in [3.8, 4) is 0 Å². The van der Waals surface area contributed by atoms with Crippen molar-refractivity contribution in [1.82, 2.24) is 9.88 Å². The quantitative estimate of drug-likeness (QED) is 0.725. The molecule has 0 fully saturated rings. The molecule has 3 aromatic rings. The van der Waals surface area contributed by atoms with Crippen molar-refractivity contribution in [3.63, 3.8) is 0 Å². The Morgan fingerprint density at radius 3 is 2.57 bits per heavy atom. The first-order valence-electron chi connectivity index (χ1n) is 8.08. The van der Waals surface area contributed by atoms with E-state index in [-0.39, 0.29) is 5.91 Å². The molecule has 0 saturated carbocycles. The molecule has 0 radical (unpaired) electrons. The lowest BCUT2D eigenvalue weighted by atomic mass is 10.0. The van der Waals surface area contributed by atoms with E-state index >= 15 is 0 Å².